The Balaban J connectivity index is 1.92. The molecule has 2 atom stereocenters. The summed E-state index contributed by atoms with van der Waals surface area (Å²) in [6, 6.07) is 7.36. The first-order valence-electron chi connectivity index (χ1n) is 6.36. The number of hydrogen-bond acceptors (Lipinski definition) is 3. The SMILES string of the molecule is CC(N)C1CCN(Cc2ccc(C(=O)O)cc2)C1. The molecule has 1 fully saturated rings. The van der Waals surface area contributed by atoms with Gasteiger partial charge in [0.2, 0.25) is 0 Å². The fourth-order valence-corrected chi connectivity index (χ4v) is 2.45. The first-order chi connectivity index (χ1) is 8.56. The van der Waals surface area contributed by atoms with Gasteiger partial charge in [0, 0.05) is 19.1 Å². The van der Waals surface area contributed by atoms with Gasteiger partial charge >= 0.3 is 5.97 Å². The molecule has 1 aliphatic heterocycles. The molecular weight excluding hydrogens is 228 g/mol. The Morgan fingerprint density at radius 2 is 2.17 bits per heavy atom. The van der Waals surface area contributed by atoms with Crippen molar-refractivity contribution in [1.82, 2.24) is 4.90 Å². The van der Waals surface area contributed by atoms with E-state index in [2.05, 4.69) is 11.8 Å². The summed E-state index contributed by atoms with van der Waals surface area (Å²) in [5.41, 5.74) is 7.41. The van der Waals surface area contributed by atoms with E-state index in [4.69, 9.17) is 10.8 Å². The van der Waals surface area contributed by atoms with Crippen molar-refractivity contribution < 1.29 is 9.90 Å². The van der Waals surface area contributed by atoms with Gasteiger partial charge in [-0.3, -0.25) is 4.90 Å². The Hall–Kier alpha value is -1.39. The maximum absolute atomic E-state index is 10.8. The molecule has 1 aromatic carbocycles. The Labute approximate surface area is 107 Å². The molecule has 2 rings (SSSR count). The summed E-state index contributed by atoms with van der Waals surface area (Å²) < 4.78 is 0. The van der Waals surface area contributed by atoms with E-state index in [1.165, 1.54) is 0 Å². The van der Waals surface area contributed by atoms with E-state index >= 15 is 0 Å². The third kappa shape index (κ3) is 3.09. The number of nitrogens with zero attached hydrogens (tertiary/aromatic N) is 1. The highest BCUT2D eigenvalue weighted by Crippen LogP contribution is 2.20. The molecule has 0 aromatic heterocycles. The summed E-state index contributed by atoms with van der Waals surface area (Å²) in [5.74, 6) is -0.289. The van der Waals surface area contributed by atoms with Crippen molar-refractivity contribution in [1.29, 1.82) is 0 Å². The molecule has 1 saturated heterocycles. The summed E-state index contributed by atoms with van der Waals surface area (Å²) in [6.07, 6.45) is 1.16. The third-order valence-corrected chi connectivity index (χ3v) is 3.66. The Kier molecular flexibility index (Phi) is 3.99. The van der Waals surface area contributed by atoms with Gasteiger partial charge in [-0.05, 0) is 43.5 Å². The second-order valence-corrected chi connectivity index (χ2v) is 5.15. The van der Waals surface area contributed by atoms with Gasteiger partial charge in [-0.2, -0.15) is 0 Å². The lowest BCUT2D eigenvalue weighted by Gasteiger charge is -2.17. The van der Waals surface area contributed by atoms with Crippen LogP contribution in [0.2, 0.25) is 0 Å². The van der Waals surface area contributed by atoms with Crippen molar-refractivity contribution >= 4 is 5.97 Å². The Morgan fingerprint density at radius 1 is 1.50 bits per heavy atom. The van der Waals surface area contributed by atoms with Crippen LogP contribution in [0.5, 0.6) is 0 Å². The van der Waals surface area contributed by atoms with E-state index < -0.39 is 5.97 Å². The lowest BCUT2D eigenvalue weighted by Crippen LogP contribution is -2.29. The van der Waals surface area contributed by atoms with Gasteiger partial charge in [0.05, 0.1) is 5.56 Å². The van der Waals surface area contributed by atoms with Gasteiger partial charge in [0.1, 0.15) is 0 Å². The number of nitrogens with two attached hydrogens (primary N) is 1. The molecule has 18 heavy (non-hydrogen) atoms. The fourth-order valence-electron chi connectivity index (χ4n) is 2.45. The topological polar surface area (TPSA) is 66.6 Å². The molecular formula is C14H20N2O2. The van der Waals surface area contributed by atoms with E-state index in [1.54, 1.807) is 12.1 Å². The predicted molar refractivity (Wildman–Crippen MR) is 70.4 cm³/mol. The highest BCUT2D eigenvalue weighted by Gasteiger charge is 2.24. The highest BCUT2D eigenvalue weighted by atomic mass is 16.4. The number of likely N-dealkylation sites (tertiary alicyclic amines) is 1. The molecule has 0 amide bonds. The van der Waals surface area contributed by atoms with Crippen molar-refractivity contribution in [2.45, 2.75) is 25.9 Å². The summed E-state index contributed by atoms with van der Waals surface area (Å²) >= 11 is 0. The van der Waals surface area contributed by atoms with E-state index in [9.17, 15) is 4.79 Å². The maximum Gasteiger partial charge on any atom is 0.335 e. The second kappa shape index (κ2) is 5.50. The van der Waals surface area contributed by atoms with Crippen LogP contribution in [0, 0.1) is 5.92 Å². The zero-order chi connectivity index (χ0) is 13.1. The minimum absolute atomic E-state index is 0.254. The molecule has 2 unspecified atom stereocenters. The quantitative estimate of drug-likeness (QED) is 0.848. The number of hydrogen-bond donors (Lipinski definition) is 2. The minimum Gasteiger partial charge on any atom is -0.478 e. The normalized spacial score (nSPS) is 22.0. The average molecular weight is 248 g/mol. The zero-order valence-electron chi connectivity index (χ0n) is 10.7. The molecule has 0 saturated carbocycles. The summed E-state index contributed by atoms with van der Waals surface area (Å²) in [5, 5.41) is 8.83. The molecule has 0 bridgehead atoms. The monoisotopic (exact) mass is 248 g/mol. The number of carboxylic acid groups (broad SMARTS) is 1. The van der Waals surface area contributed by atoms with E-state index in [1.807, 2.05) is 12.1 Å². The lowest BCUT2D eigenvalue weighted by molar-refractivity contribution is 0.0697. The first kappa shape index (κ1) is 13.1. The van der Waals surface area contributed by atoms with Crippen LogP contribution in [0.1, 0.15) is 29.3 Å². The molecule has 1 aromatic rings. The molecule has 4 heteroatoms. The number of carboxylic acids is 1. The van der Waals surface area contributed by atoms with Crippen LogP contribution < -0.4 is 5.73 Å². The van der Waals surface area contributed by atoms with E-state index in [0.29, 0.717) is 11.5 Å². The Bertz CT molecular complexity index is 414. The Morgan fingerprint density at radius 3 is 2.67 bits per heavy atom. The van der Waals surface area contributed by atoms with Crippen LogP contribution in [0.4, 0.5) is 0 Å². The van der Waals surface area contributed by atoms with Crippen molar-refractivity contribution in [3.63, 3.8) is 0 Å². The molecule has 1 aliphatic rings. The molecule has 0 radical (unpaired) electrons. The van der Waals surface area contributed by atoms with E-state index in [0.717, 1.165) is 31.6 Å². The average Bonchev–Trinajstić information content (AvgIpc) is 2.78. The highest BCUT2D eigenvalue weighted by molar-refractivity contribution is 5.87. The second-order valence-electron chi connectivity index (χ2n) is 5.15. The molecule has 4 nitrogen and oxygen atoms in total. The van der Waals surface area contributed by atoms with Gasteiger partial charge in [0.15, 0.2) is 0 Å². The van der Waals surface area contributed by atoms with Crippen LogP contribution in [-0.4, -0.2) is 35.1 Å². The fraction of sp³-hybridized carbons (Fsp3) is 0.500. The molecule has 1 heterocycles. The van der Waals surface area contributed by atoms with Crippen molar-refractivity contribution in [3.05, 3.63) is 35.4 Å². The van der Waals surface area contributed by atoms with Crippen LogP contribution in [0.15, 0.2) is 24.3 Å². The van der Waals surface area contributed by atoms with Crippen LogP contribution >= 0.6 is 0 Å². The standard InChI is InChI=1S/C14H20N2O2/c1-10(15)13-6-7-16(9-13)8-11-2-4-12(5-3-11)14(17)18/h2-5,10,13H,6-9,15H2,1H3,(H,17,18). The number of benzene rings is 1. The number of aromatic carboxylic acids is 1. The summed E-state index contributed by atoms with van der Waals surface area (Å²) in [7, 11) is 0. The number of carbonyl (C=O) groups is 1. The van der Waals surface area contributed by atoms with Crippen LogP contribution in [-0.2, 0) is 6.54 Å². The molecule has 0 spiro atoms. The third-order valence-electron chi connectivity index (χ3n) is 3.66. The maximum atomic E-state index is 10.8. The lowest BCUT2D eigenvalue weighted by atomic mass is 10.0. The zero-order valence-corrected chi connectivity index (χ0v) is 10.7. The van der Waals surface area contributed by atoms with Crippen molar-refractivity contribution in [2.24, 2.45) is 11.7 Å². The van der Waals surface area contributed by atoms with Crippen LogP contribution in [0.3, 0.4) is 0 Å². The van der Waals surface area contributed by atoms with Gasteiger partial charge < -0.3 is 10.8 Å². The molecule has 0 aliphatic carbocycles. The van der Waals surface area contributed by atoms with Gasteiger partial charge in [-0.15, -0.1) is 0 Å². The van der Waals surface area contributed by atoms with Gasteiger partial charge in [-0.25, -0.2) is 4.79 Å². The van der Waals surface area contributed by atoms with Crippen molar-refractivity contribution in [2.75, 3.05) is 13.1 Å². The number of rotatable bonds is 4. The molecule has 98 valence electrons. The minimum atomic E-state index is -0.875. The molecule has 3 N–H and O–H groups in total. The summed E-state index contributed by atoms with van der Waals surface area (Å²) in [4.78, 5) is 13.1. The summed E-state index contributed by atoms with van der Waals surface area (Å²) in [6.45, 7) is 5.06. The van der Waals surface area contributed by atoms with Gasteiger partial charge in [-0.1, -0.05) is 12.1 Å². The van der Waals surface area contributed by atoms with E-state index in [-0.39, 0.29) is 6.04 Å². The van der Waals surface area contributed by atoms with Crippen molar-refractivity contribution in [3.8, 4) is 0 Å². The predicted octanol–water partition coefficient (Wildman–Crippen LogP) is 1.55. The largest absolute Gasteiger partial charge is 0.478 e. The van der Waals surface area contributed by atoms with Crippen LogP contribution in [0.25, 0.3) is 0 Å². The first-order valence-corrected chi connectivity index (χ1v) is 6.36. The van der Waals surface area contributed by atoms with Gasteiger partial charge in [0.25, 0.3) is 0 Å². The smallest absolute Gasteiger partial charge is 0.335 e.